The second-order valence-corrected chi connectivity index (χ2v) is 9.76. The Balaban J connectivity index is 0.000000287. The van der Waals surface area contributed by atoms with E-state index in [1.807, 2.05) is 0 Å². The number of aromatic amines is 1. The highest BCUT2D eigenvalue weighted by Crippen LogP contribution is 2.28. The lowest BCUT2D eigenvalue weighted by molar-refractivity contribution is -0.118. The number of carbonyl (C=O) groups excluding carboxylic acids is 2. The maximum Gasteiger partial charge on any atom is 0.339 e. The summed E-state index contributed by atoms with van der Waals surface area (Å²) in [4.78, 5) is 45.8. The van der Waals surface area contributed by atoms with Crippen LogP contribution in [-0.2, 0) is 27.9 Å². The molecule has 3 heterocycles. The molecule has 210 valence electrons. The number of aromatic carboxylic acids is 1. The Morgan fingerprint density at radius 3 is 2.60 bits per heavy atom. The van der Waals surface area contributed by atoms with Gasteiger partial charge >= 0.3 is 5.97 Å². The van der Waals surface area contributed by atoms with Crippen LogP contribution in [0.2, 0.25) is 0 Å². The molecule has 2 aromatic heterocycles. The van der Waals surface area contributed by atoms with E-state index in [0.29, 0.717) is 18.0 Å². The van der Waals surface area contributed by atoms with Gasteiger partial charge in [0.2, 0.25) is 10.0 Å². The molecule has 0 aliphatic carbocycles. The van der Waals surface area contributed by atoms with Gasteiger partial charge in [-0.25, -0.2) is 28.3 Å². The Morgan fingerprint density at radius 2 is 1.90 bits per heavy atom. The molecule has 0 radical (unpaired) electrons. The van der Waals surface area contributed by atoms with Gasteiger partial charge in [-0.2, -0.15) is 0 Å². The van der Waals surface area contributed by atoms with Crippen molar-refractivity contribution in [2.45, 2.75) is 18.0 Å². The summed E-state index contributed by atoms with van der Waals surface area (Å²) in [5, 5.41) is 19.5. The minimum absolute atomic E-state index is 0. The van der Waals surface area contributed by atoms with E-state index in [4.69, 9.17) is 20.7 Å². The van der Waals surface area contributed by atoms with Gasteiger partial charge in [-0.15, -0.1) is 12.4 Å². The summed E-state index contributed by atoms with van der Waals surface area (Å²) in [6.45, 7) is 0.463. The lowest BCUT2D eigenvalue weighted by Gasteiger charge is -2.18. The molecule has 0 saturated carbocycles. The Hall–Kier alpha value is -4.57. The van der Waals surface area contributed by atoms with Gasteiger partial charge in [-0.3, -0.25) is 9.59 Å². The largest absolute Gasteiger partial charge is 0.482 e. The van der Waals surface area contributed by atoms with E-state index in [9.17, 15) is 22.8 Å². The second kappa shape index (κ2) is 12.5. The average molecular weight is 590 g/mol. The zero-order valence-corrected chi connectivity index (χ0v) is 22.2. The summed E-state index contributed by atoms with van der Waals surface area (Å²) in [6, 6.07) is 11.5. The molecule has 1 aliphatic heterocycles. The van der Waals surface area contributed by atoms with Gasteiger partial charge in [0.15, 0.2) is 12.3 Å². The zero-order valence-electron chi connectivity index (χ0n) is 20.6. The number of benzene rings is 2. The first kappa shape index (κ1) is 30.0. The van der Waals surface area contributed by atoms with Gasteiger partial charge in [-0.1, -0.05) is 18.2 Å². The number of anilines is 1. The van der Waals surface area contributed by atoms with Crippen LogP contribution in [0.25, 0.3) is 11.0 Å². The van der Waals surface area contributed by atoms with Crippen LogP contribution in [0, 0.1) is 0 Å². The summed E-state index contributed by atoms with van der Waals surface area (Å²) in [5.41, 5.74) is 7.78. The van der Waals surface area contributed by atoms with Crippen LogP contribution in [0.4, 0.5) is 5.69 Å². The molecule has 40 heavy (non-hydrogen) atoms. The van der Waals surface area contributed by atoms with Crippen LogP contribution >= 0.6 is 12.4 Å². The molecular weight excluding hydrogens is 566 g/mol. The number of nitrogens with one attached hydrogen (secondary N) is 3. The van der Waals surface area contributed by atoms with Crippen molar-refractivity contribution in [3.8, 4) is 5.75 Å². The first-order chi connectivity index (χ1) is 18.6. The monoisotopic (exact) mass is 589 g/mol. The van der Waals surface area contributed by atoms with E-state index in [-0.39, 0.29) is 58.7 Å². The molecule has 8 N–H and O–H groups in total. The predicted octanol–water partition coefficient (Wildman–Crippen LogP) is 1.13. The van der Waals surface area contributed by atoms with E-state index < -0.39 is 21.9 Å². The number of ether oxygens (including phenoxy) is 1. The molecule has 4 aromatic rings. The molecule has 0 fully saturated rings. The number of sulfonamides is 1. The standard InChI is InChI=1S/C17H13N5O5.C7H10N2O2S.ClH/c23-12-6-27-11-2-1-8(3-10(11)22-12)4-19-16(24)15-14-13(20-7-21-15)9(5-18-14)17(25)26;8-5-6-2-1-3-7(4-6)12(9,10)11;/h1-3,5,7,18H,4,6H2,(H,19,24)(H,22,23)(H,25,26);1-4H,5,8H2,(H2,9,10,11);1H. The molecule has 0 spiro atoms. The van der Waals surface area contributed by atoms with Crippen molar-refractivity contribution in [1.82, 2.24) is 20.3 Å². The molecule has 0 bridgehead atoms. The lowest BCUT2D eigenvalue weighted by atomic mass is 10.1. The fourth-order valence-electron chi connectivity index (χ4n) is 3.63. The number of H-pyrrole nitrogens is 1. The van der Waals surface area contributed by atoms with Crippen molar-refractivity contribution in [2.75, 3.05) is 11.9 Å². The number of halogens is 1. The molecule has 14 nitrogen and oxygen atoms in total. The number of carboxylic acids is 1. The van der Waals surface area contributed by atoms with Gasteiger partial charge in [0.25, 0.3) is 11.8 Å². The fourth-order valence-corrected chi connectivity index (χ4v) is 4.21. The number of aromatic nitrogens is 3. The zero-order chi connectivity index (χ0) is 28.2. The van der Waals surface area contributed by atoms with E-state index in [0.717, 1.165) is 17.5 Å². The van der Waals surface area contributed by atoms with Crippen molar-refractivity contribution in [3.63, 3.8) is 0 Å². The van der Waals surface area contributed by atoms with Crippen LogP contribution in [0.15, 0.2) is 59.9 Å². The predicted molar refractivity (Wildman–Crippen MR) is 146 cm³/mol. The third-order valence-electron chi connectivity index (χ3n) is 5.50. The molecule has 0 saturated heterocycles. The van der Waals surface area contributed by atoms with Gasteiger partial charge in [0.1, 0.15) is 23.2 Å². The second-order valence-electron chi connectivity index (χ2n) is 8.20. The fraction of sp³-hybridized carbons (Fsp3) is 0.125. The number of fused-ring (bicyclic) bond motifs is 2. The topological polar surface area (TPSA) is 232 Å². The van der Waals surface area contributed by atoms with Crippen molar-refractivity contribution in [3.05, 3.63) is 77.4 Å². The number of nitrogens with zero attached hydrogens (tertiary/aromatic N) is 2. The molecule has 16 heteroatoms. The maximum atomic E-state index is 12.5. The maximum absolute atomic E-state index is 12.5. The van der Waals surface area contributed by atoms with Gasteiger partial charge < -0.3 is 31.2 Å². The first-order valence-electron chi connectivity index (χ1n) is 11.3. The van der Waals surface area contributed by atoms with Crippen LogP contribution in [-0.4, -0.2) is 52.9 Å². The van der Waals surface area contributed by atoms with Gasteiger partial charge in [0.05, 0.1) is 16.1 Å². The van der Waals surface area contributed by atoms with Crippen LogP contribution in [0.3, 0.4) is 0 Å². The van der Waals surface area contributed by atoms with Crippen molar-refractivity contribution < 1.29 is 32.6 Å². The molecule has 2 amide bonds. The molecule has 5 rings (SSSR count). The van der Waals surface area contributed by atoms with Gasteiger partial charge in [-0.05, 0) is 35.4 Å². The number of amides is 2. The number of primary sulfonamides is 1. The highest BCUT2D eigenvalue weighted by atomic mass is 35.5. The smallest absolute Gasteiger partial charge is 0.339 e. The van der Waals surface area contributed by atoms with E-state index in [1.165, 1.54) is 18.3 Å². The first-order valence-corrected chi connectivity index (χ1v) is 12.8. The van der Waals surface area contributed by atoms with Crippen molar-refractivity contribution in [1.29, 1.82) is 0 Å². The lowest BCUT2D eigenvalue weighted by Crippen LogP contribution is -2.26. The highest BCUT2D eigenvalue weighted by Gasteiger charge is 2.20. The molecular formula is C24H24ClN7O7S. The quantitative estimate of drug-likeness (QED) is 0.187. The number of hydrogen-bond acceptors (Lipinski definition) is 9. The molecule has 2 aromatic carbocycles. The Morgan fingerprint density at radius 1 is 1.12 bits per heavy atom. The Labute approximate surface area is 233 Å². The number of hydrogen-bond donors (Lipinski definition) is 6. The number of carboxylic acid groups (broad SMARTS) is 1. The van der Waals surface area contributed by atoms with Crippen molar-refractivity contribution >= 4 is 56.9 Å². The van der Waals surface area contributed by atoms with Crippen LogP contribution < -0.4 is 26.2 Å². The Kier molecular flexibility index (Phi) is 9.39. The van der Waals surface area contributed by atoms with Crippen LogP contribution in [0.1, 0.15) is 32.0 Å². The molecule has 0 atom stereocenters. The third-order valence-corrected chi connectivity index (χ3v) is 6.41. The van der Waals surface area contributed by atoms with Crippen LogP contribution in [0.5, 0.6) is 5.75 Å². The van der Waals surface area contributed by atoms with E-state index in [2.05, 4.69) is 25.6 Å². The number of carbonyl (C=O) groups is 3. The van der Waals surface area contributed by atoms with E-state index >= 15 is 0 Å². The molecule has 1 aliphatic rings. The van der Waals surface area contributed by atoms with E-state index in [1.54, 1.807) is 30.3 Å². The summed E-state index contributed by atoms with van der Waals surface area (Å²) in [5.74, 6) is -1.31. The normalized spacial score (nSPS) is 12.1. The Bertz CT molecular complexity index is 1690. The minimum atomic E-state index is -3.59. The molecule has 0 unspecified atom stereocenters. The summed E-state index contributed by atoms with van der Waals surface area (Å²) in [6.07, 6.45) is 2.41. The SMILES string of the molecule is Cl.NCc1cccc(S(N)(=O)=O)c1.O=C1COc2ccc(CNC(=O)c3ncnc4c(C(=O)O)c[nH]c34)cc2N1. The van der Waals surface area contributed by atoms with Gasteiger partial charge in [0, 0.05) is 19.3 Å². The number of nitrogens with two attached hydrogens (primary N) is 2. The number of rotatable bonds is 6. The third kappa shape index (κ3) is 6.89. The average Bonchev–Trinajstić information content (AvgIpc) is 3.36. The summed E-state index contributed by atoms with van der Waals surface area (Å²) in [7, 11) is -3.59. The summed E-state index contributed by atoms with van der Waals surface area (Å²) >= 11 is 0. The van der Waals surface area contributed by atoms with Crippen molar-refractivity contribution in [2.24, 2.45) is 10.9 Å². The summed E-state index contributed by atoms with van der Waals surface area (Å²) < 4.78 is 27.0. The highest BCUT2D eigenvalue weighted by molar-refractivity contribution is 7.89. The minimum Gasteiger partial charge on any atom is -0.482 e.